The number of rotatable bonds is 2. The first-order valence-corrected chi connectivity index (χ1v) is 4.44. The van der Waals surface area contributed by atoms with Gasteiger partial charge < -0.3 is 14.7 Å². The topological polar surface area (TPSA) is 32.7 Å². The molecule has 0 bridgehead atoms. The fourth-order valence-electron chi connectivity index (χ4n) is 2.21. The summed E-state index contributed by atoms with van der Waals surface area (Å²) < 4.78 is 5.09. The predicted octanol–water partition coefficient (Wildman–Crippen LogP) is 0.211. The van der Waals surface area contributed by atoms with Crippen molar-refractivity contribution in [3.05, 3.63) is 12.3 Å². The lowest BCUT2D eigenvalue weighted by atomic mass is 9.99. The molecule has 2 heterocycles. The molecular formula is C9H15NO2. The first-order valence-electron chi connectivity index (χ1n) is 4.44. The Labute approximate surface area is 72.6 Å². The van der Waals surface area contributed by atoms with Crippen LogP contribution < -0.4 is 0 Å². The third-order valence-corrected chi connectivity index (χ3v) is 2.78. The molecule has 1 N–H and O–H groups in total. The van der Waals surface area contributed by atoms with Crippen LogP contribution in [-0.2, 0) is 4.74 Å². The molecule has 2 aliphatic heterocycles. The minimum atomic E-state index is -0.167. The Morgan fingerprint density at radius 1 is 1.67 bits per heavy atom. The number of aliphatic hydroxyl groups is 1. The fourth-order valence-corrected chi connectivity index (χ4v) is 2.21. The van der Waals surface area contributed by atoms with Crippen molar-refractivity contribution in [1.29, 1.82) is 0 Å². The summed E-state index contributed by atoms with van der Waals surface area (Å²) in [6, 6.07) is 0.282. The summed E-state index contributed by atoms with van der Waals surface area (Å²) in [5, 5.41) is 9.66. The number of hydrogen-bond donors (Lipinski definition) is 1. The van der Waals surface area contributed by atoms with Crippen molar-refractivity contribution in [2.45, 2.75) is 18.6 Å². The van der Waals surface area contributed by atoms with E-state index in [0.717, 1.165) is 13.0 Å². The molecule has 0 saturated carbocycles. The Balaban J connectivity index is 2.04. The molecule has 0 aromatic heterocycles. The van der Waals surface area contributed by atoms with E-state index in [0.29, 0.717) is 12.5 Å². The van der Waals surface area contributed by atoms with E-state index >= 15 is 0 Å². The molecule has 2 rings (SSSR count). The average Bonchev–Trinajstić information content (AvgIpc) is 2.58. The Kier molecular flexibility index (Phi) is 2.07. The van der Waals surface area contributed by atoms with E-state index in [4.69, 9.17) is 4.74 Å². The molecule has 0 aliphatic carbocycles. The quantitative estimate of drug-likeness (QED) is 0.641. The summed E-state index contributed by atoms with van der Waals surface area (Å²) >= 11 is 0. The Morgan fingerprint density at radius 3 is 3.25 bits per heavy atom. The zero-order valence-electron chi connectivity index (χ0n) is 7.31. The SMILES string of the molecule is COCC1C=CN2CC[C@@H](O)C12. The number of nitrogens with zero attached hydrogens (tertiary/aromatic N) is 1. The highest BCUT2D eigenvalue weighted by Crippen LogP contribution is 2.30. The van der Waals surface area contributed by atoms with Crippen molar-refractivity contribution in [2.75, 3.05) is 20.3 Å². The molecule has 3 atom stereocenters. The van der Waals surface area contributed by atoms with Gasteiger partial charge in [0.05, 0.1) is 18.8 Å². The third kappa shape index (κ3) is 1.13. The zero-order valence-corrected chi connectivity index (χ0v) is 7.31. The van der Waals surface area contributed by atoms with Crippen molar-refractivity contribution in [2.24, 2.45) is 5.92 Å². The summed E-state index contributed by atoms with van der Waals surface area (Å²) in [6.07, 6.45) is 4.95. The molecule has 1 fully saturated rings. The van der Waals surface area contributed by atoms with Crippen LogP contribution in [-0.4, -0.2) is 42.4 Å². The van der Waals surface area contributed by atoms with Gasteiger partial charge in [-0.15, -0.1) is 0 Å². The van der Waals surface area contributed by atoms with Gasteiger partial charge in [-0.1, -0.05) is 6.08 Å². The zero-order chi connectivity index (χ0) is 8.55. The van der Waals surface area contributed by atoms with Gasteiger partial charge in [0.15, 0.2) is 0 Å². The van der Waals surface area contributed by atoms with Gasteiger partial charge in [-0.25, -0.2) is 0 Å². The number of methoxy groups -OCH3 is 1. The second-order valence-electron chi connectivity index (χ2n) is 3.55. The molecule has 3 heteroatoms. The highest BCUT2D eigenvalue weighted by Gasteiger charge is 2.39. The van der Waals surface area contributed by atoms with E-state index in [9.17, 15) is 5.11 Å². The standard InChI is InChI=1S/C9H15NO2/c1-12-6-7-2-4-10-5-3-8(11)9(7)10/h2,4,7-9,11H,3,5-6H2,1H3/t7?,8-,9?/m1/s1. The Hall–Kier alpha value is -0.540. The van der Waals surface area contributed by atoms with Crippen LogP contribution in [0.25, 0.3) is 0 Å². The minimum absolute atomic E-state index is 0.167. The maximum atomic E-state index is 9.66. The summed E-state index contributed by atoms with van der Waals surface area (Å²) in [7, 11) is 1.71. The highest BCUT2D eigenvalue weighted by molar-refractivity contribution is 5.10. The van der Waals surface area contributed by atoms with Crippen LogP contribution in [0.4, 0.5) is 0 Å². The van der Waals surface area contributed by atoms with Crippen molar-refractivity contribution >= 4 is 0 Å². The van der Waals surface area contributed by atoms with Gasteiger partial charge in [-0.05, 0) is 12.6 Å². The molecule has 1 saturated heterocycles. The van der Waals surface area contributed by atoms with E-state index in [1.807, 2.05) is 0 Å². The van der Waals surface area contributed by atoms with Gasteiger partial charge in [0, 0.05) is 19.6 Å². The molecular weight excluding hydrogens is 154 g/mol. The second-order valence-corrected chi connectivity index (χ2v) is 3.55. The van der Waals surface area contributed by atoms with Crippen LogP contribution >= 0.6 is 0 Å². The lowest BCUT2D eigenvalue weighted by molar-refractivity contribution is 0.0816. The Bertz CT molecular complexity index is 193. The van der Waals surface area contributed by atoms with Crippen LogP contribution in [0, 0.1) is 5.92 Å². The van der Waals surface area contributed by atoms with Gasteiger partial charge in [-0.3, -0.25) is 0 Å². The number of fused-ring (bicyclic) bond motifs is 1. The molecule has 2 unspecified atom stereocenters. The van der Waals surface area contributed by atoms with Gasteiger partial charge in [-0.2, -0.15) is 0 Å². The van der Waals surface area contributed by atoms with Crippen LogP contribution in [0.1, 0.15) is 6.42 Å². The van der Waals surface area contributed by atoms with Gasteiger partial charge in [0.2, 0.25) is 0 Å². The van der Waals surface area contributed by atoms with Crippen LogP contribution in [0.3, 0.4) is 0 Å². The molecule has 2 aliphatic rings. The molecule has 3 nitrogen and oxygen atoms in total. The maximum absolute atomic E-state index is 9.66. The fraction of sp³-hybridized carbons (Fsp3) is 0.778. The number of aliphatic hydroxyl groups excluding tert-OH is 1. The van der Waals surface area contributed by atoms with E-state index in [-0.39, 0.29) is 12.1 Å². The van der Waals surface area contributed by atoms with Crippen molar-refractivity contribution < 1.29 is 9.84 Å². The molecule has 0 spiro atoms. The van der Waals surface area contributed by atoms with Crippen LogP contribution in [0.2, 0.25) is 0 Å². The van der Waals surface area contributed by atoms with E-state index in [1.54, 1.807) is 7.11 Å². The summed E-state index contributed by atoms with van der Waals surface area (Å²) in [5.74, 6) is 0.382. The van der Waals surface area contributed by atoms with E-state index in [1.165, 1.54) is 0 Å². The second kappa shape index (κ2) is 3.07. The highest BCUT2D eigenvalue weighted by atomic mass is 16.5. The van der Waals surface area contributed by atoms with Gasteiger partial charge in [0.25, 0.3) is 0 Å². The summed E-state index contributed by atoms with van der Waals surface area (Å²) in [6.45, 7) is 1.71. The monoisotopic (exact) mass is 169 g/mol. The maximum Gasteiger partial charge on any atom is 0.0766 e. The lowest BCUT2D eigenvalue weighted by Crippen LogP contribution is -2.35. The average molecular weight is 169 g/mol. The summed E-state index contributed by atoms with van der Waals surface area (Å²) in [5.41, 5.74) is 0. The largest absolute Gasteiger partial charge is 0.391 e. The smallest absolute Gasteiger partial charge is 0.0766 e. The van der Waals surface area contributed by atoms with E-state index in [2.05, 4.69) is 17.2 Å². The van der Waals surface area contributed by atoms with Gasteiger partial charge >= 0.3 is 0 Å². The molecule has 0 amide bonds. The molecule has 0 aromatic carbocycles. The lowest BCUT2D eigenvalue weighted by Gasteiger charge is -2.23. The van der Waals surface area contributed by atoms with E-state index < -0.39 is 0 Å². The molecule has 0 radical (unpaired) electrons. The first-order chi connectivity index (χ1) is 5.83. The number of hydrogen-bond acceptors (Lipinski definition) is 3. The predicted molar refractivity (Wildman–Crippen MR) is 45.6 cm³/mol. The van der Waals surface area contributed by atoms with Crippen molar-refractivity contribution in [3.63, 3.8) is 0 Å². The minimum Gasteiger partial charge on any atom is -0.391 e. The van der Waals surface area contributed by atoms with Gasteiger partial charge in [0.1, 0.15) is 0 Å². The third-order valence-electron chi connectivity index (χ3n) is 2.78. The Morgan fingerprint density at radius 2 is 2.50 bits per heavy atom. The molecule has 12 heavy (non-hydrogen) atoms. The van der Waals surface area contributed by atoms with Crippen LogP contribution in [0.5, 0.6) is 0 Å². The normalized spacial score (nSPS) is 39.2. The van der Waals surface area contributed by atoms with Crippen molar-refractivity contribution in [1.82, 2.24) is 4.90 Å². The molecule has 0 aromatic rings. The van der Waals surface area contributed by atoms with Crippen molar-refractivity contribution in [3.8, 4) is 0 Å². The number of ether oxygens (including phenoxy) is 1. The van der Waals surface area contributed by atoms with Crippen LogP contribution in [0.15, 0.2) is 12.3 Å². The first kappa shape index (κ1) is 8.08. The molecule has 68 valence electrons. The summed E-state index contributed by atoms with van der Waals surface area (Å²) in [4.78, 5) is 2.22.